The first-order valence-corrected chi connectivity index (χ1v) is 7.74. The van der Waals surface area contributed by atoms with Gasteiger partial charge in [-0.05, 0) is 12.8 Å². The molecule has 0 saturated carbocycles. The van der Waals surface area contributed by atoms with Crippen molar-refractivity contribution in [2.24, 2.45) is 4.99 Å². The largest absolute Gasteiger partial charge is 0.394 e. The van der Waals surface area contributed by atoms with Gasteiger partial charge in [-0.15, -0.1) is 0 Å². The van der Waals surface area contributed by atoms with E-state index >= 15 is 0 Å². The summed E-state index contributed by atoms with van der Waals surface area (Å²) in [5.41, 5.74) is -0.399. The minimum Gasteiger partial charge on any atom is -0.394 e. The van der Waals surface area contributed by atoms with Crippen LogP contribution in [0, 0.1) is 0 Å². The number of alkyl halides is 1. The first-order valence-electron chi connectivity index (χ1n) is 6.86. The summed E-state index contributed by atoms with van der Waals surface area (Å²) < 4.78 is 18.7. The van der Waals surface area contributed by atoms with Crippen molar-refractivity contribution in [2.45, 2.75) is 48.8 Å². The van der Waals surface area contributed by atoms with Crippen LogP contribution in [0.5, 0.6) is 0 Å². The van der Waals surface area contributed by atoms with Crippen LogP contribution in [0.3, 0.4) is 0 Å². The Bertz CT molecular complexity index is 392. The lowest BCUT2D eigenvalue weighted by Crippen LogP contribution is -2.55. The number of thioether (sulfide) groups is 1. The Morgan fingerprint density at radius 3 is 2.65 bits per heavy atom. The summed E-state index contributed by atoms with van der Waals surface area (Å²) in [6.07, 6.45) is -2.75. The number of amidine groups is 1. The van der Waals surface area contributed by atoms with Gasteiger partial charge in [0.1, 0.15) is 36.0 Å². The van der Waals surface area contributed by atoms with E-state index in [1.807, 2.05) is 4.90 Å². The van der Waals surface area contributed by atoms with Crippen molar-refractivity contribution < 1.29 is 24.4 Å². The molecule has 8 heteroatoms. The third kappa shape index (κ3) is 2.55. The second kappa shape index (κ2) is 5.76. The maximum Gasteiger partial charge on any atom is 0.162 e. The summed E-state index contributed by atoms with van der Waals surface area (Å²) in [4.78, 5) is 6.42. The average molecular weight is 306 g/mol. The monoisotopic (exact) mass is 306 g/mol. The van der Waals surface area contributed by atoms with E-state index in [-0.39, 0.29) is 6.61 Å². The minimum absolute atomic E-state index is 0.343. The smallest absolute Gasteiger partial charge is 0.162 e. The van der Waals surface area contributed by atoms with Crippen LogP contribution in [0.1, 0.15) is 12.8 Å². The summed E-state index contributed by atoms with van der Waals surface area (Å²) in [7, 11) is 0. The molecule has 3 N–H and O–H groups in total. The molecule has 20 heavy (non-hydrogen) atoms. The number of ether oxygens (including phenoxy) is 1. The Morgan fingerprint density at radius 2 is 2.00 bits per heavy atom. The molecule has 0 aromatic heterocycles. The van der Waals surface area contributed by atoms with Gasteiger partial charge in [-0.2, -0.15) is 0 Å². The van der Waals surface area contributed by atoms with Gasteiger partial charge in [0.25, 0.3) is 0 Å². The molecule has 6 nitrogen and oxygen atoms in total. The summed E-state index contributed by atoms with van der Waals surface area (Å²) in [5, 5.41) is 29.8. The van der Waals surface area contributed by atoms with Crippen LogP contribution in [-0.2, 0) is 4.74 Å². The molecule has 5 atom stereocenters. The van der Waals surface area contributed by atoms with Gasteiger partial charge in [-0.3, -0.25) is 4.99 Å². The average Bonchev–Trinajstić information content (AvgIpc) is 2.87. The zero-order valence-corrected chi connectivity index (χ0v) is 11.7. The molecule has 0 aromatic carbocycles. The lowest BCUT2D eigenvalue weighted by molar-refractivity contribution is -0.164. The molecule has 0 bridgehead atoms. The number of likely N-dealkylation sites (tertiary alicyclic amines) is 1. The predicted molar refractivity (Wildman–Crippen MR) is 72.3 cm³/mol. The van der Waals surface area contributed by atoms with E-state index < -0.39 is 36.0 Å². The van der Waals surface area contributed by atoms with Crippen molar-refractivity contribution in [3.05, 3.63) is 0 Å². The van der Waals surface area contributed by atoms with Gasteiger partial charge in [0.2, 0.25) is 0 Å². The second-order valence-corrected chi connectivity index (χ2v) is 6.45. The molecule has 2 saturated heterocycles. The van der Waals surface area contributed by atoms with Crippen LogP contribution >= 0.6 is 11.8 Å². The highest BCUT2D eigenvalue weighted by Crippen LogP contribution is 2.38. The molecule has 3 rings (SSSR count). The maximum absolute atomic E-state index is 13.2. The van der Waals surface area contributed by atoms with Crippen molar-refractivity contribution >= 4 is 16.9 Å². The van der Waals surface area contributed by atoms with E-state index in [1.54, 1.807) is 0 Å². The normalized spacial score (nSPS) is 42.5. The molecular formula is C12H19FN2O4S. The number of fused-ring (bicyclic) bond motifs is 1. The van der Waals surface area contributed by atoms with Gasteiger partial charge in [-0.1, -0.05) is 11.8 Å². The van der Waals surface area contributed by atoms with Gasteiger partial charge in [0, 0.05) is 13.1 Å². The number of hydrogen-bond acceptors (Lipinski definition) is 7. The zero-order valence-electron chi connectivity index (χ0n) is 10.9. The maximum atomic E-state index is 13.2. The molecular weight excluding hydrogens is 287 g/mol. The van der Waals surface area contributed by atoms with Crippen molar-refractivity contribution in [3.8, 4) is 0 Å². The summed E-state index contributed by atoms with van der Waals surface area (Å²) in [6, 6.07) is -0.532. The molecule has 114 valence electrons. The molecule has 0 amide bonds. The lowest BCUT2D eigenvalue weighted by atomic mass is 9.99. The van der Waals surface area contributed by atoms with Crippen LogP contribution in [0.4, 0.5) is 4.39 Å². The standard InChI is InChI=1S/C12H19FN2O4S/c13-6-1-3-15(4-2-6)12-14-8-10(18)9(17)7(5-16)19-11(8)20-12/h6-11,16-18H,1-5H2/t7-,8-,9-,10-,11-/m1/s1. The number of halogens is 1. The summed E-state index contributed by atoms with van der Waals surface area (Å²) in [5.74, 6) is 0. The molecule has 2 fully saturated rings. The molecule has 0 spiro atoms. The van der Waals surface area contributed by atoms with Crippen LogP contribution in [-0.4, -0.2) is 81.0 Å². The first kappa shape index (κ1) is 14.5. The molecule has 0 radical (unpaired) electrons. The van der Waals surface area contributed by atoms with Crippen molar-refractivity contribution in [1.82, 2.24) is 4.90 Å². The fourth-order valence-electron chi connectivity index (χ4n) is 2.76. The van der Waals surface area contributed by atoms with Crippen LogP contribution < -0.4 is 0 Å². The molecule has 3 heterocycles. The topological polar surface area (TPSA) is 85.5 Å². The molecule has 0 aromatic rings. The SMILES string of the molecule is OC[C@H]1O[C@@H]2SC(N3CCC(F)CC3)=N[C@@H]2[C@@H](O)[C@@H]1O. The van der Waals surface area contributed by atoms with E-state index in [0.717, 1.165) is 5.17 Å². The number of rotatable bonds is 1. The highest BCUT2D eigenvalue weighted by Gasteiger charge is 2.48. The van der Waals surface area contributed by atoms with Crippen molar-refractivity contribution in [2.75, 3.05) is 19.7 Å². The predicted octanol–water partition coefficient (Wildman–Crippen LogP) is -0.669. The Hall–Kier alpha value is -0.410. The van der Waals surface area contributed by atoms with Crippen LogP contribution in [0.15, 0.2) is 4.99 Å². The van der Waals surface area contributed by atoms with E-state index in [9.17, 15) is 14.6 Å². The van der Waals surface area contributed by atoms with Crippen molar-refractivity contribution in [3.63, 3.8) is 0 Å². The number of aliphatic hydroxyl groups excluding tert-OH is 3. The fourth-order valence-corrected chi connectivity index (χ4v) is 4.04. The molecule has 0 aliphatic carbocycles. The van der Waals surface area contributed by atoms with E-state index in [4.69, 9.17) is 9.84 Å². The Kier molecular flexibility index (Phi) is 4.19. The van der Waals surface area contributed by atoms with Crippen molar-refractivity contribution in [1.29, 1.82) is 0 Å². The third-order valence-corrected chi connectivity index (χ3v) is 5.22. The molecule has 0 unspecified atom stereocenters. The fraction of sp³-hybridized carbons (Fsp3) is 0.917. The van der Waals surface area contributed by atoms with Gasteiger partial charge in [-0.25, -0.2) is 4.39 Å². The number of hydrogen-bond donors (Lipinski definition) is 3. The van der Waals surface area contributed by atoms with Gasteiger partial charge < -0.3 is 25.0 Å². The Morgan fingerprint density at radius 1 is 1.30 bits per heavy atom. The second-order valence-electron chi connectivity index (χ2n) is 5.39. The summed E-state index contributed by atoms with van der Waals surface area (Å²) >= 11 is 1.38. The molecule has 3 aliphatic heterocycles. The summed E-state index contributed by atoms with van der Waals surface area (Å²) in [6.45, 7) is 0.869. The third-order valence-electron chi connectivity index (χ3n) is 4.02. The Balaban J connectivity index is 1.69. The first-order chi connectivity index (χ1) is 9.60. The highest BCUT2D eigenvalue weighted by molar-refractivity contribution is 8.14. The van der Waals surface area contributed by atoms with Gasteiger partial charge in [0.05, 0.1) is 6.61 Å². The van der Waals surface area contributed by atoms with E-state index in [1.165, 1.54) is 11.8 Å². The Labute approximate surface area is 120 Å². The zero-order chi connectivity index (χ0) is 14.3. The number of nitrogens with zero attached hydrogens (tertiary/aromatic N) is 2. The van der Waals surface area contributed by atoms with Gasteiger partial charge >= 0.3 is 0 Å². The molecule has 3 aliphatic rings. The highest BCUT2D eigenvalue weighted by atomic mass is 32.2. The number of aliphatic hydroxyl groups is 3. The minimum atomic E-state index is -1.14. The van der Waals surface area contributed by atoms with Gasteiger partial charge in [0.15, 0.2) is 5.17 Å². The quantitative estimate of drug-likeness (QED) is 0.596. The van der Waals surface area contributed by atoms with Crippen LogP contribution in [0.2, 0.25) is 0 Å². The van der Waals surface area contributed by atoms with E-state index in [0.29, 0.717) is 25.9 Å². The van der Waals surface area contributed by atoms with E-state index in [2.05, 4.69) is 4.99 Å². The number of aliphatic imine (C=N–C) groups is 1. The number of piperidine rings is 1. The van der Waals surface area contributed by atoms with Crippen LogP contribution in [0.25, 0.3) is 0 Å². The lowest BCUT2D eigenvalue weighted by Gasteiger charge is -2.37.